The average molecular weight is 339 g/mol. The summed E-state index contributed by atoms with van der Waals surface area (Å²) in [7, 11) is 1.64. The molecule has 130 valence electrons. The highest BCUT2D eigenvalue weighted by Crippen LogP contribution is 2.33. The normalized spacial score (nSPS) is 19.6. The predicted molar refractivity (Wildman–Crippen MR) is 96.7 cm³/mol. The van der Waals surface area contributed by atoms with E-state index in [1.165, 1.54) is 0 Å². The van der Waals surface area contributed by atoms with Gasteiger partial charge in [-0.25, -0.2) is 0 Å². The molecule has 6 heteroatoms. The van der Waals surface area contributed by atoms with Gasteiger partial charge in [0.1, 0.15) is 12.0 Å². The second kappa shape index (κ2) is 6.38. The topological polar surface area (TPSA) is 69.1 Å². The molecule has 1 unspecified atom stereocenters. The van der Waals surface area contributed by atoms with Gasteiger partial charge in [0, 0.05) is 19.6 Å². The Balaban J connectivity index is 1.61. The van der Waals surface area contributed by atoms with Crippen molar-refractivity contribution in [2.24, 2.45) is 0 Å². The molecular weight excluding hydrogens is 318 g/mol. The molecular formula is C19H21N3O3. The van der Waals surface area contributed by atoms with E-state index in [1.807, 2.05) is 47.5 Å². The van der Waals surface area contributed by atoms with E-state index in [4.69, 9.17) is 4.74 Å². The highest BCUT2D eigenvalue weighted by molar-refractivity contribution is 5.73. The maximum Gasteiger partial charge on any atom is 0.146 e. The number of hydrogen-bond donors (Lipinski definition) is 2. The first kappa shape index (κ1) is 15.9. The summed E-state index contributed by atoms with van der Waals surface area (Å²) >= 11 is 0. The van der Waals surface area contributed by atoms with Gasteiger partial charge < -0.3 is 24.7 Å². The van der Waals surface area contributed by atoms with Crippen LogP contribution in [0.1, 0.15) is 11.3 Å². The third kappa shape index (κ3) is 3.06. The molecule has 1 atom stereocenters. The summed E-state index contributed by atoms with van der Waals surface area (Å²) in [4.78, 5) is 8.52. The number of ether oxygens (including phenoxy) is 1. The Morgan fingerprint density at radius 1 is 1.20 bits per heavy atom. The summed E-state index contributed by atoms with van der Waals surface area (Å²) in [5.41, 5.74) is 3.77. The number of anilines is 2. The van der Waals surface area contributed by atoms with Crippen LogP contribution in [0.15, 0.2) is 42.6 Å². The fourth-order valence-corrected chi connectivity index (χ4v) is 3.18. The van der Waals surface area contributed by atoms with Crippen molar-refractivity contribution in [2.45, 2.75) is 18.9 Å². The Hall–Kier alpha value is -2.57. The lowest BCUT2D eigenvalue weighted by atomic mass is 10.1. The van der Waals surface area contributed by atoms with Crippen LogP contribution >= 0.6 is 0 Å². The van der Waals surface area contributed by atoms with Crippen molar-refractivity contribution in [2.75, 3.05) is 30.0 Å². The van der Waals surface area contributed by atoms with E-state index >= 15 is 0 Å². The number of hydrogen-bond acceptors (Lipinski definition) is 6. The molecule has 1 saturated heterocycles. The van der Waals surface area contributed by atoms with Crippen LogP contribution < -0.4 is 14.5 Å². The molecule has 1 fully saturated rings. The van der Waals surface area contributed by atoms with Crippen LogP contribution in [0.4, 0.5) is 11.4 Å². The van der Waals surface area contributed by atoms with E-state index in [0.717, 1.165) is 28.4 Å². The molecule has 1 aromatic carbocycles. The van der Waals surface area contributed by atoms with Gasteiger partial charge in [-0.1, -0.05) is 12.1 Å². The number of aromatic nitrogens is 1. The Labute approximate surface area is 146 Å². The van der Waals surface area contributed by atoms with Gasteiger partial charge in [0.05, 0.1) is 36.5 Å². The van der Waals surface area contributed by atoms with Crippen molar-refractivity contribution < 1.29 is 14.9 Å². The maximum absolute atomic E-state index is 10.5. The Morgan fingerprint density at radius 2 is 1.96 bits per heavy atom. The molecule has 0 spiro atoms. The maximum atomic E-state index is 10.5. The van der Waals surface area contributed by atoms with Gasteiger partial charge in [-0.2, -0.15) is 0 Å². The monoisotopic (exact) mass is 339 g/mol. The van der Waals surface area contributed by atoms with Crippen LogP contribution in [0.25, 0.3) is 6.08 Å². The minimum atomic E-state index is -0.700. The number of benzene rings is 1. The SMILES string of the molecule is COc1ccc(CN2c3cc(N4CC(O)C4)cnc3C=CC2O)cc1. The van der Waals surface area contributed by atoms with Crippen LogP contribution in [0.5, 0.6) is 5.75 Å². The molecule has 2 aromatic rings. The lowest BCUT2D eigenvalue weighted by molar-refractivity contribution is 0.142. The van der Waals surface area contributed by atoms with Crippen LogP contribution in [-0.4, -0.2) is 47.7 Å². The average Bonchev–Trinajstić information content (AvgIpc) is 2.62. The van der Waals surface area contributed by atoms with Gasteiger partial charge in [0.2, 0.25) is 0 Å². The zero-order valence-corrected chi connectivity index (χ0v) is 14.0. The zero-order valence-electron chi connectivity index (χ0n) is 14.0. The lowest BCUT2D eigenvalue weighted by Crippen LogP contribution is -2.51. The smallest absolute Gasteiger partial charge is 0.146 e. The fourth-order valence-electron chi connectivity index (χ4n) is 3.18. The number of aliphatic hydroxyl groups excluding tert-OH is 2. The number of methoxy groups -OCH3 is 1. The Morgan fingerprint density at radius 3 is 2.64 bits per heavy atom. The summed E-state index contributed by atoms with van der Waals surface area (Å²) in [6.45, 7) is 1.81. The van der Waals surface area contributed by atoms with Crippen molar-refractivity contribution in [1.29, 1.82) is 0 Å². The molecule has 1 aromatic heterocycles. The molecule has 25 heavy (non-hydrogen) atoms. The molecule has 0 amide bonds. The van der Waals surface area contributed by atoms with Gasteiger partial charge in [-0.3, -0.25) is 4.98 Å². The van der Waals surface area contributed by atoms with Gasteiger partial charge in [-0.05, 0) is 35.9 Å². The summed E-state index contributed by atoms with van der Waals surface area (Å²) in [6.07, 6.45) is 4.44. The van der Waals surface area contributed by atoms with E-state index in [1.54, 1.807) is 13.2 Å². The number of pyridine rings is 1. The van der Waals surface area contributed by atoms with E-state index in [9.17, 15) is 10.2 Å². The number of fused-ring (bicyclic) bond motifs is 1. The summed E-state index contributed by atoms with van der Waals surface area (Å²) in [6, 6.07) is 9.85. The second-order valence-electron chi connectivity index (χ2n) is 6.41. The number of β-amino-alcohol motifs (C(OH)–C–C–N with tert-alkyl or cyclic N) is 1. The third-order valence-electron chi connectivity index (χ3n) is 4.68. The molecule has 0 radical (unpaired) electrons. The van der Waals surface area contributed by atoms with Crippen molar-refractivity contribution in [3.05, 3.63) is 53.9 Å². The molecule has 4 rings (SSSR count). The van der Waals surface area contributed by atoms with Gasteiger partial charge in [-0.15, -0.1) is 0 Å². The Bertz CT molecular complexity index is 785. The van der Waals surface area contributed by atoms with E-state index in [0.29, 0.717) is 19.6 Å². The summed E-state index contributed by atoms with van der Waals surface area (Å²) in [5.74, 6) is 0.809. The molecule has 2 aliphatic heterocycles. The highest BCUT2D eigenvalue weighted by Gasteiger charge is 2.27. The number of rotatable bonds is 4. The van der Waals surface area contributed by atoms with Crippen molar-refractivity contribution in [3.8, 4) is 5.75 Å². The van der Waals surface area contributed by atoms with E-state index < -0.39 is 6.23 Å². The van der Waals surface area contributed by atoms with Crippen LogP contribution in [-0.2, 0) is 6.54 Å². The molecule has 0 bridgehead atoms. The summed E-state index contributed by atoms with van der Waals surface area (Å²) in [5, 5.41) is 20.0. The highest BCUT2D eigenvalue weighted by atomic mass is 16.5. The molecule has 3 heterocycles. The molecule has 2 N–H and O–H groups in total. The first-order chi connectivity index (χ1) is 12.1. The first-order valence-corrected chi connectivity index (χ1v) is 8.33. The number of nitrogens with zero attached hydrogens (tertiary/aromatic N) is 3. The van der Waals surface area contributed by atoms with Gasteiger partial charge in [0.25, 0.3) is 0 Å². The second-order valence-corrected chi connectivity index (χ2v) is 6.41. The standard InChI is InChI=1S/C19H21N3O3/c1-25-16-4-2-13(3-5-16)10-22-18-8-14(21-11-15(23)12-21)9-20-17(18)6-7-19(22)24/h2-9,15,19,23-24H,10-12H2,1H3. The first-order valence-electron chi connectivity index (χ1n) is 8.33. The van der Waals surface area contributed by atoms with E-state index in [2.05, 4.69) is 9.88 Å². The van der Waals surface area contributed by atoms with Crippen LogP contribution in [0.2, 0.25) is 0 Å². The van der Waals surface area contributed by atoms with Crippen molar-refractivity contribution in [1.82, 2.24) is 4.98 Å². The minimum absolute atomic E-state index is 0.267. The van der Waals surface area contributed by atoms with Crippen LogP contribution in [0, 0.1) is 0 Å². The minimum Gasteiger partial charge on any atom is -0.497 e. The van der Waals surface area contributed by atoms with Gasteiger partial charge >= 0.3 is 0 Å². The molecule has 2 aliphatic rings. The van der Waals surface area contributed by atoms with Crippen LogP contribution in [0.3, 0.4) is 0 Å². The molecule has 0 saturated carbocycles. The predicted octanol–water partition coefficient (Wildman–Crippen LogP) is 1.62. The van der Waals surface area contributed by atoms with Crippen molar-refractivity contribution >= 4 is 17.5 Å². The zero-order chi connectivity index (χ0) is 17.4. The molecule has 6 nitrogen and oxygen atoms in total. The van der Waals surface area contributed by atoms with Gasteiger partial charge in [0.15, 0.2) is 0 Å². The fraction of sp³-hybridized carbons (Fsp3) is 0.316. The lowest BCUT2D eigenvalue weighted by Gasteiger charge is -2.39. The third-order valence-corrected chi connectivity index (χ3v) is 4.68. The van der Waals surface area contributed by atoms with E-state index in [-0.39, 0.29) is 6.10 Å². The number of aliphatic hydroxyl groups is 2. The summed E-state index contributed by atoms with van der Waals surface area (Å²) < 4.78 is 5.20. The molecule has 0 aliphatic carbocycles. The quantitative estimate of drug-likeness (QED) is 0.882. The Kier molecular flexibility index (Phi) is 4.07. The largest absolute Gasteiger partial charge is 0.497 e. The van der Waals surface area contributed by atoms with Crippen molar-refractivity contribution in [3.63, 3.8) is 0 Å².